The average molecular weight is 339 g/mol. The van der Waals surface area contributed by atoms with Crippen LogP contribution in [0.2, 0.25) is 0 Å². The summed E-state index contributed by atoms with van der Waals surface area (Å²) in [5.41, 5.74) is 3.21. The fraction of sp³-hybridized carbons (Fsp3) is 0.208. The van der Waals surface area contributed by atoms with E-state index in [-0.39, 0.29) is 14.2 Å². The van der Waals surface area contributed by atoms with Crippen LogP contribution in [0.15, 0.2) is 91.0 Å². The van der Waals surface area contributed by atoms with Crippen LogP contribution in [0.1, 0.15) is 23.6 Å². The monoisotopic (exact) mass is 339 g/mol. The molecule has 129 valence electrons. The van der Waals surface area contributed by atoms with Crippen LogP contribution in [-0.4, -0.2) is 14.2 Å². The van der Waals surface area contributed by atoms with Crippen LogP contribution >= 0.6 is 0 Å². The number of Topliss-reactive ketones (excluding diaryl/α,β-unsaturated/α-hetero) is 1. The number of benzene rings is 3. The maximum atomic E-state index is 12.9. The molecule has 0 bridgehead atoms. The van der Waals surface area contributed by atoms with Gasteiger partial charge >= 0.3 is 0 Å². The Kier molecular flexibility index (Phi) is 6.97. The highest BCUT2D eigenvalue weighted by atomic mass is 16.1. The van der Waals surface area contributed by atoms with Gasteiger partial charge in [0.15, 0.2) is 0 Å². The van der Waals surface area contributed by atoms with Gasteiger partial charge in [-0.3, -0.25) is 4.79 Å². The van der Waals surface area contributed by atoms with Crippen LogP contribution in [-0.2, 0) is 24.1 Å². The zero-order valence-corrected chi connectivity index (χ0v) is 15.3. The third kappa shape index (κ3) is 4.95. The van der Waals surface area contributed by atoms with Crippen LogP contribution in [0.25, 0.3) is 0 Å². The van der Waals surface area contributed by atoms with Crippen molar-refractivity contribution in [2.24, 2.45) is 5.41 Å². The lowest BCUT2D eigenvalue weighted by Gasteiger charge is -2.32. The quantitative estimate of drug-likeness (QED) is 0.559. The molecule has 2 heteroatoms. The molecule has 3 aromatic carbocycles. The molecular weight excluding hydrogens is 315 g/mol. The summed E-state index contributed by atoms with van der Waals surface area (Å²) in [5.74, 6) is 0.254. The van der Waals surface area contributed by atoms with Gasteiger partial charge < -0.3 is 0 Å². The maximum Gasteiger partial charge on any atom is 0.136 e. The van der Waals surface area contributed by atoms with E-state index in [1.165, 1.54) is 16.7 Å². The van der Waals surface area contributed by atoms with E-state index in [1.54, 1.807) is 6.92 Å². The number of carbonyl (C=O) groups is 1. The minimum atomic E-state index is -0.427. The minimum absolute atomic E-state index is 0. The van der Waals surface area contributed by atoms with E-state index in [4.69, 9.17) is 0 Å². The van der Waals surface area contributed by atoms with E-state index in [0.29, 0.717) is 0 Å². The zero-order valence-electron chi connectivity index (χ0n) is 15.3. The maximum absolute atomic E-state index is 12.9. The number of ketones is 1. The van der Waals surface area contributed by atoms with Gasteiger partial charge in [0.2, 0.25) is 0 Å². The molecular formula is C24H24BO. The largest absolute Gasteiger partial charge is 0.299 e. The van der Waals surface area contributed by atoms with Crippen molar-refractivity contribution in [2.75, 3.05) is 0 Å². The predicted molar refractivity (Wildman–Crippen MR) is 109 cm³/mol. The summed E-state index contributed by atoms with van der Waals surface area (Å²) in [6, 6.07) is 31.1. The normalized spacial score (nSPS) is 10.8. The molecule has 26 heavy (non-hydrogen) atoms. The molecule has 3 aromatic rings. The van der Waals surface area contributed by atoms with E-state index >= 15 is 0 Å². The van der Waals surface area contributed by atoms with E-state index in [9.17, 15) is 4.79 Å². The van der Waals surface area contributed by atoms with Crippen LogP contribution in [0.4, 0.5) is 0 Å². The van der Waals surface area contributed by atoms with Gasteiger partial charge in [-0.25, -0.2) is 0 Å². The standard InChI is InChI=1S/C24H24O.B/c1-20(25)24(17-21-11-5-2-6-12-21,18-22-13-7-3-8-14-22)19-23-15-9-4-10-16-23;/h2-16H,17-19H2,1H3;. The summed E-state index contributed by atoms with van der Waals surface area (Å²) in [4.78, 5) is 12.9. The molecule has 1 nitrogen and oxygen atoms in total. The molecule has 0 spiro atoms. The van der Waals surface area contributed by atoms with Crippen molar-refractivity contribution in [3.05, 3.63) is 108 Å². The van der Waals surface area contributed by atoms with Crippen molar-refractivity contribution in [3.8, 4) is 0 Å². The molecule has 0 fully saturated rings. The van der Waals surface area contributed by atoms with Crippen molar-refractivity contribution in [1.29, 1.82) is 0 Å². The van der Waals surface area contributed by atoms with Crippen LogP contribution in [0.3, 0.4) is 0 Å². The van der Waals surface area contributed by atoms with E-state index in [0.717, 1.165) is 19.3 Å². The van der Waals surface area contributed by atoms with Crippen molar-refractivity contribution < 1.29 is 4.79 Å². The Bertz CT molecular complexity index is 696. The average Bonchev–Trinajstić information content (AvgIpc) is 2.64. The Labute approximate surface area is 158 Å². The third-order valence-electron chi connectivity index (χ3n) is 4.90. The molecule has 0 heterocycles. The first kappa shape index (κ1) is 19.7. The topological polar surface area (TPSA) is 17.1 Å². The van der Waals surface area contributed by atoms with Gasteiger partial charge in [0, 0.05) is 13.8 Å². The summed E-state index contributed by atoms with van der Waals surface area (Å²) in [7, 11) is 0. The minimum Gasteiger partial charge on any atom is -0.299 e. The lowest BCUT2D eigenvalue weighted by molar-refractivity contribution is -0.126. The Morgan fingerprint density at radius 3 is 1.12 bits per heavy atom. The fourth-order valence-electron chi connectivity index (χ4n) is 3.52. The summed E-state index contributed by atoms with van der Waals surface area (Å²) in [6.07, 6.45) is 2.27. The summed E-state index contributed by atoms with van der Waals surface area (Å²) in [5, 5.41) is 0. The van der Waals surface area contributed by atoms with Crippen LogP contribution in [0.5, 0.6) is 0 Å². The molecule has 3 rings (SSSR count). The van der Waals surface area contributed by atoms with E-state index in [2.05, 4.69) is 36.4 Å². The van der Waals surface area contributed by atoms with Crippen molar-refractivity contribution in [2.45, 2.75) is 26.2 Å². The predicted octanol–water partition coefficient (Wildman–Crippen LogP) is 4.91. The van der Waals surface area contributed by atoms with Gasteiger partial charge in [0.25, 0.3) is 0 Å². The number of hydrogen-bond donors (Lipinski definition) is 0. The Balaban J connectivity index is 0.00000243. The molecule has 0 amide bonds. The summed E-state index contributed by atoms with van der Waals surface area (Å²) < 4.78 is 0. The SMILES string of the molecule is CC(=O)C(Cc1ccccc1)(Cc1ccccc1)Cc1ccccc1.[B]. The Morgan fingerprint density at radius 1 is 0.615 bits per heavy atom. The van der Waals surface area contributed by atoms with Crippen molar-refractivity contribution >= 4 is 14.2 Å². The second-order valence-electron chi connectivity index (χ2n) is 6.82. The van der Waals surface area contributed by atoms with Gasteiger partial charge in [0.05, 0.1) is 0 Å². The fourth-order valence-corrected chi connectivity index (χ4v) is 3.52. The van der Waals surface area contributed by atoms with Crippen LogP contribution in [0, 0.1) is 5.41 Å². The smallest absolute Gasteiger partial charge is 0.136 e. The third-order valence-corrected chi connectivity index (χ3v) is 4.90. The van der Waals surface area contributed by atoms with Gasteiger partial charge in [-0.05, 0) is 42.9 Å². The molecule has 0 saturated heterocycles. The lowest BCUT2D eigenvalue weighted by Crippen LogP contribution is -2.36. The highest BCUT2D eigenvalue weighted by Gasteiger charge is 2.36. The molecule has 0 atom stereocenters. The first-order valence-electron chi connectivity index (χ1n) is 8.81. The molecule has 0 N–H and O–H groups in total. The molecule has 0 unspecified atom stereocenters. The second-order valence-corrected chi connectivity index (χ2v) is 6.82. The van der Waals surface area contributed by atoms with Crippen molar-refractivity contribution in [1.82, 2.24) is 0 Å². The van der Waals surface area contributed by atoms with Gasteiger partial charge in [-0.2, -0.15) is 0 Å². The summed E-state index contributed by atoms with van der Waals surface area (Å²) in [6.45, 7) is 1.74. The molecule has 0 saturated carbocycles. The molecule has 0 aliphatic heterocycles. The second kappa shape index (κ2) is 9.19. The Morgan fingerprint density at radius 2 is 0.885 bits per heavy atom. The zero-order chi connectivity index (χ0) is 17.5. The number of carbonyl (C=O) groups excluding carboxylic acids is 1. The summed E-state index contributed by atoms with van der Waals surface area (Å²) >= 11 is 0. The van der Waals surface area contributed by atoms with E-state index < -0.39 is 5.41 Å². The molecule has 0 aliphatic rings. The van der Waals surface area contributed by atoms with Gasteiger partial charge in [-0.15, -0.1) is 0 Å². The highest BCUT2D eigenvalue weighted by Crippen LogP contribution is 2.33. The highest BCUT2D eigenvalue weighted by molar-refractivity contribution is 5.83. The van der Waals surface area contributed by atoms with Gasteiger partial charge in [0.1, 0.15) is 5.78 Å². The molecule has 0 aromatic heterocycles. The molecule has 3 radical (unpaired) electrons. The van der Waals surface area contributed by atoms with Crippen molar-refractivity contribution in [3.63, 3.8) is 0 Å². The first-order valence-corrected chi connectivity index (χ1v) is 8.81. The van der Waals surface area contributed by atoms with Gasteiger partial charge in [-0.1, -0.05) is 91.0 Å². The lowest BCUT2D eigenvalue weighted by atomic mass is 9.70. The van der Waals surface area contributed by atoms with E-state index in [1.807, 2.05) is 54.6 Å². The van der Waals surface area contributed by atoms with Crippen LogP contribution < -0.4 is 0 Å². The first-order chi connectivity index (χ1) is 12.2. The number of rotatable bonds is 7. The molecule has 0 aliphatic carbocycles. The number of hydrogen-bond acceptors (Lipinski definition) is 1. The Hall–Kier alpha value is -2.61.